The Kier molecular flexibility index (Phi) is 4.20. The van der Waals surface area contributed by atoms with Crippen LogP contribution in [-0.4, -0.2) is 29.8 Å². The zero-order valence-corrected chi connectivity index (χ0v) is 10.5. The lowest BCUT2D eigenvalue weighted by Crippen LogP contribution is -2.25. The van der Waals surface area contributed by atoms with E-state index in [1.807, 2.05) is 0 Å². The monoisotopic (exact) mass is 258 g/mol. The van der Waals surface area contributed by atoms with Crippen LogP contribution in [0.15, 0.2) is 5.38 Å². The first-order chi connectivity index (χ1) is 7.81. The molecule has 2 rings (SSSR count). The number of nitrogens with one attached hydrogen (secondary N) is 1. The molecular weight excluding hydrogens is 244 g/mol. The van der Waals surface area contributed by atoms with Gasteiger partial charge in [-0.15, -0.1) is 11.3 Å². The zero-order chi connectivity index (χ0) is 11.4. The third kappa shape index (κ3) is 2.75. The Morgan fingerprint density at radius 1 is 1.75 bits per heavy atom. The van der Waals surface area contributed by atoms with E-state index in [1.165, 1.54) is 11.3 Å². The molecule has 0 radical (unpaired) electrons. The highest BCUT2D eigenvalue weighted by atomic mass is 32.1. The van der Waals surface area contributed by atoms with Crippen molar-refractivity contribution < 1.29 is 9.53 Å². The SMILES string of the molecule is O=C(NCCS)c1csc(C2CCCO2)n1. The smallest absolute Gasteiger partial charge is 0.270 e. The van der Waals surface area contributed by atoms with Gasteiger partial charge in [0.1, 0.15) is 16.8 Å². The second-order valence-electron chi connectivity index (χ2n) is 3.55. The number of aromatic nitrogens is 1. The lowest BCUT2D eigenvalue weighted by atomic mass is 10.2. The number of carbonyl (C=O) groups excluding carboxylic acids is 1. The average molecular weight is 258 g/mol. The first-order valence-corrected chi connectivity index (χ1v) is 6.78. The molecule has 1 saturated heterocycles. The van der Waals surface area contributed by atoms with Crippen molar-refractivity contribution in [1.82, 2.24) is 10.3 Å². The molecule has 1 atom stereocenters. The lowest BCUT2D eigenvalue weighted by molar-refractivity contribution is 0.0948. The van der Waals surface area contributed by atoms with E-state index in [0.717, 1.165) is 24.5 Å². The molecule has 2 heterocycles. The predicted octanol–water partition coefficient (Wildman–Crippen LogP) is 1.65. The van der Waals surface area contributed by atoms with Crippen LogP contribution in [0.1, 0.15) is 34.4 Å². The van der Waals surface area contributed by atoms with Crippen molar-refractivity contribution in [2.45, 2.75) is 18.9 Å². The number of ether oxygens (including phenoxy) is 1. The molecule has 88 valence electrons. The molecule has 1 fully saturated rings. The molecule has 1 unspecified atom stereocenters. The van der Waals surface area contributed by atoms with Crippen LogP contribution in [0.25, 0.3) is 0 Å². The van der Waals surface area contributed by atoms with Crippen molar-refractivity contribution in [3.8, 4) is 0 Å². The summed E-state index contributed by atoms with van der Waals surface area (Å²) in [6.45, 7) is 1.36. The molecule has 6 heteroatoms. The maximum absolute atomic E-state index is 11.6. The molecule has 0 spiro atoms. The van der Waals surface area contributed by atoms with Crippen molar-refractivity contribution in [2.24, 2.45) is 0 Å². The fourth-order valence-electron chi connectivity index (χ4n) is 1.57. The second-order valence-corrected chi connectivity index (χ2v) is 4.89. The van der Waals surface area contributed by atoms with Gasteiger partial charge in [-0.25, -0.2) is 4.98 Å². The highest BCUT2D eigenvalue weighted by Gasteiger charge is 2.22. The highest BCUT2D eigenvalue weighted by molar-refractivity contribution is 7.80. The van der Waals surface area contributed by atoms with Crippen LogP contribution in [0.3, 0.4) is 0 Å². The van der Waals surface area contributed by atoms with Crippen LogP contribution < -0.4 is 5.32 Å². The molecule has 1 N–H and O–H groups in total. The Bertz CT molecular complexity index is 361. The molecule has 1 amide bonds. The molecule has 0 bridgehead atoms. The third-order valence-electron chi connectivity index (χ3n) is 2.36. The van der Waals surface area contributed by atoms with E-state index >= 15 is 0 Å². The Labute approximate surface area is 104 Å². The van der Waals surface area contributed by atoms with E-state index in [1.54, 1.807) is 5.38 Å². The van der Waals surface area contributed by atoms with Gasteiger partial charge in [0.25, 0.3) is 5.91 Å². The maximum atomic E-state index is 11.6. The molecule has 0 aromatic carbocycles. The summed E-state index contributed by atoms with van der Waals surface area (Å²) >= 11 is 5.52. The van der Waals surface area contributed by atoms with Gasteiger partial charge in [0, 0.05) is 24.3 Å². The van der Waals surface area contributed by atoms with Crippen molar-refractivity contribution in [1.29, 1.82) is 0 Å². The van der Waals surface area contributed by atoms with Crippen LogP contribution in [0, 0.1) is 0 Å². The number of nitrogens with zero attached hydrogens (tertiary/aromatic N) is 1. The summed E-state index contributed by atoms with van der Waals surface area (Å²) < 4.78 is 5.52. The Balaban J connectivity index is 1.98. The van der Waals surface area contributed by atoms with E-state index in [-0.39, 0.29) is 12.0 Å². The molecule has 16 heavy (non-hydrogen) atoms. The second kappa shape index (κ2) is 5.65. The topological polar surface area (TPSA) is 51.2 Å². The van der Waals surface area contributed by atoms with E-state index in [2.05, 4.69) is 22.9 Å². The predicted molar refractivity (Wildman–Crippen MR) is 66.2 cm³/mol. The minimum Gasteiger partial charge on any atom is -0.371 e. The largest absolute Gasteiger partial charge is 0.371 e. The van der Waals surface area contributed by atoms with Gasteiger partial charge in [0.2, 0.25) is 0 Å². The minimum absolute atomic E-state index is 0.0939. The van der Waals surface area contributed by atoms with Crippen LogP contribution in [0.2, 0.25) is 0 Å². The standard InChI is InChI=1S/C10H14N2O2S2/c13-9(11-3-5-15)7-6-16-10(12-7)8-2-1-4-14-8/h6,8,15H,1-5H2,(H,11,13). The molecular formula is C10H14N2O2S2. The van der Waals surface area contributed by atoms with Gasteiger partial charge in [0.05, 0.1) is 0 Å². The van der Waals surface area contributed by atoms with Crippen molar-refractivity contribution >= 4 is 29.9 Å². The van der Waals surface area contributed by atoms with Crippen LogP contribution in [0.5, 0.6) is 0 Å². The number of hydrogen-bond acceptors (Lipinski definition) is 5. The first-order valence-electron chi connectivity index (χ1n) is 5.27. The summed E-state index contributed by atoms with van der Waals surface area (Å²) in [6, 6.07) is 0. The number of carbonyl (C=O) groups is 1. The zero-order valence-electron chi connectivity index (χ0n) is 8.81. The molecule has 1 aliphatic heterocycles. The minimum atomic E-state index is -0.130. The molecule has 0 saturated carbocycles. The Morgan fingerprint density at radius 2 is 2.62 bits per heavy atom. The number of hydrogen-bond donors (Lipinski definition) is 2. The quantitative estimate of drug-likeness (QED) is 0.808. The van der Waals surface area contributed by atoms with Gasteiger partial charge in [-0.2, -0.15) is 12.6 Å². The van der Waals surface area contributed by atoms with Crippen molar-refractivity contribution in [3.63, 3.8) is 0 Å². The van der Waals surface area contributed by atoms with Crippen molar-refractivity contribution in [2.75, 3.05) is 18.9 Å². The summed E-state index contributed by atoms with van der Waals surface area (Å²) in [6.07, 6.45) is 2.17. The van der Waals surface area contributed by atoms with Gasteiger partial charge >= 0.3 is 0 Å². The average Bonchev–Trinajstić information content (AvgIpc) is 2.94. The molecule has 0 aliphatic carbocycles. The maximum Gasteiger partial charge on any atom is 0.270 e. The van der Waals surface area contributed by atoms with Gasteiger partial charge in [-0.05, 0) is 12.8 Å². The summed E-state index contributed by atoms with van der Waals surface area (Å²) in [7, 11) is 0. The summed E-state index contributed by atoms with van der Waals surface area (Å²) in [5.74, 6) is 0.503. The number of thiol groups is 1. The van der Waals surface area contributed by atoms with E-state index < -0.39 is 0 Å². The van der Waals surface area contributed by atoms with E-state index in [4.69, 9.17) is 4.74 Å². The Morgan fingerprint density at radius 3 is 3.31 bits per heavy atom. The van der Waals surface area contributed by atoms with Crippen LogP contribution in [-0.2, 0) is 4.74 Å². The van der Waals surface area contributed by atoms with E-state index in [9.17, 15) is 4.79 Å². The fourth-order valence-corrected chi connectivity index (χ4v) is 2.56. The van der Waals surface area contributed by atoms with Crippen LogP contribution in [0.4, 0.5) is 0 Å². The number of thiazole rings is 1. The van der Waals surface area contributed by atoms with E-state index in [0.29, 0.717) is 18.0 Å². The number of rotatable bonds is 4. The summed E-state index contributed by atoms with van der Waals surface area (Å²) in [5, 5.41) is 5.43. The summed E-state index contributed by atoms with van der Waals surface area (Å²) in [4.78, 5) is 15.9. The van der Waals surface area contributed by atoms with Crippen LogP contribution >= 0.6 is 24.0 Å². The van der Waals surface area contributed by atoms with Gasteiger partial charge in [-0.1, -0.05) is 0 Å². The normalized spacial score (nSPS) is 19.9. The van der Waals surface area contributed by atoms with Gasteiger partial charge < -0.3 is 10.1 Å². The van der Waals surface area contributed by atoms with Crippen molar-refractivity contribution in [3.05, 3.63) is 16.1 Å². The molecule has 4 nitrogen and oxygen atoms in total. The highest BCUT2D eigenvalue weighted by Crippen LogP contribution is 2.30. The Hall–Kier alpha value is -0.590. The fraction of sp³-hybridized carbons (Fsp3) is 0.600. The molecule has 1 aliphatic rings. The van der Waals surface area contributed by atoms with Gasteiger partial charge in [0.15, 0.2) is 0 Å². The van der Waals surface area contributed by atoms with Gasteiger partial charge in [-0.3, -0.25) is 4.79 Å². The summed E-state index contributed by atoms with van der Waals surface area (Å²) in [5.41, 5.74) is 0.484. The first kappa shape index (κ1) is 11.9. The number of amides is 1. The molecule has 1 aromatic rings. The third-order valence-corrected chi connectivity index (χ3v) is 3.52. The molecule has 1 aromatic heterocycles. The lowest BCUT2D eigenvalue weighted by Gasteiger charge is -2.03.